The molecule has 1 aliphatic rings. The van der Waals surface area contributed by atoms with Gasteiger partial charge in [0.15, 0.2) is 11.2 Å². The van der Waals surface area contributed by atoms with Crippen molar-refractivity contribution in [3.8, 4) is 0 Å². The molecule has 5 rings (SSSR count). The van der Waals surface area contributed by atoms with Crippen LogP contribution in [0.25, 0.3) is 11.2 Å². The number of aromatic nitrogens is 5. The zero-order chi connectivity index (χ0) is 26.2. The number of rotatable bonds is 6. The van der Waals surface area contributed by atoms with Gasteiger partial charge < -0.3 is 9.72 Å². The first-order valence-electron chi connectivity index (χ1n) is 11.5. The van der Waals surface area contributed by atoms with Gasteiger partial charge in [-0.2, -0.15) is 4.31 Å². The maximum atomic E-state index is 13.3. The largest absolute Gasteiger partial charge is 0.465 e. The van der Waals surface area contributed by atoms with Crippen molar-refractivity contribution in [2.24, 2.45) is 0 Å². The Kier molecular flexibility index (Phi) is 6.80. The number of carbonyl (C=O) groups is 1. The summed E-state index contributed by atoms with van der Waals surface area (Å²) in [4.78, 5) is 31.9. The quantitative estimate of drug-likeness (QED) is 0.367. The number of carbonyl (C=O) groups excluding carboxylic acids is 1. The minimum atomic E-state index is -3.82. The zero-order valence-corrected chi connectivity index (χ0v) is 21.4. The molecule has 1 atom stereocenters. The number of aromatic amines is 1. The Morgan fingerprint density at radius 1 is 1.19 bits per heavy atom. The van der Waals surface area contributed by atoms with E-state index in [4.69, 9.17) is 16.3 Å². The SMILES string of the molecule is COC(=O)c1ccc(Cn2nnc3c(=O)[nH]c([C@H]4CCCN(S(=O)(=O)c5ccccc5Cl)C4)nc32)cc1. The number of benzene rings is 2. The molecule has 0 radical (unpaired) electrons. The van der Waals surface area contributed by atoms with E-state index in [0.29, 0.717) is 36.4 Å². The topological polar surface area (TPSA) is 140 Å². The van der Waals surface area contributed by atoms with Gasteiger partial charge in [0.05, 0.1) is 24.2 Å². The number of hydrogen-bond acceptors (Lipinski definition) is 8. The first-order valence-corrected chi connectivity index (χ1v) is 13.3. The summed E-state index contributed by atoms with van der Waals surface area (Å²) in [7, 11) is -2.50. The summed E-state index contributed by atoms with van der Waals surface area (Å²) in [5.41, 5.74) is 1.17. The van der Waals surface area contributed by atoms with E-state index in [1.165, 1.54) is 22.2 Å². The van der Waals surface area contributed by atoms with E-state index in [-0.39, 0.29) is 34.4 Å². The Hall–Kier alpha value is -3.61. The second-order valence-corrected chi connectivity index (χ2v) is 11.0. The highest BCUT2D eigenvalue weighted by atomic mass is 35.5. The standard InChI is InChI=1S/C24H23ClN6O5S/c1-36-24(33)16-10-8-15(9-11-16)13-31-22-20(28-29-31)23(32)27-21(26-22)17-5-4-12-30(14-17)37(34,35)19-7-3-2-6-18(19)25/h2-3,6-11,17H,4-5,12-14H2,1H3,(H,26,27,32)/t17-/m0/s1. The maximum Gasteiger partial charge on any atom is 0.337 e. The van der Waals surface area contributed by atoms with Gasteiger partial charge in [-0.15, -0.1) is 5.10 Å². The molecule has 192 valence electrons. The van der Waals surface area contributed by atoms with Crippen LogP contribution in [0, 0.1) is 0 Å². The lowest BCUT2D eigenvalue weighted by Crippen LogP contribution is -2.40. The van der Waals surface area contributed by atoms with Gasteiger partial charge in [-0.1, -0.05) is 41.1 Å². The lowest BCUT2D eigenvalue weighted by Gasteiger charge is -2.31. The normalized spacial score (nSPS) is 16.6. The molecule has 11 nitrogen and oxygen atoms in total. The van der Waals surface area contributed by atoms with Crippen molar-refractivity contribution < 1.29 is 17.9 Å². The number of hydrogen-bond donors (Lipinski definition) is 1. The molecule has 0 unspecified atom stereocenters. The number of methoxy groups -OCH3 is 1. The number of sulfonamides is 1. The van der Waals surface area contributed by atoms with Crippen LogP contribution >= 0.6 is 11.6 Å². The highest BCUT2D eigenvalue weighted by molar-refractivity contribution is 7.89. The van der Waals surface area contributed by atoms with Gasteiger partial charge >= 0.3 is 5.97 Å². The average molecular weight is 543 g/mol. The first kappa shape index (κ1) is 25.1. The second kappa shape index (κ2) is 10.0. The third kappa shape index (κ3) is 4.87. The van der Waals surface area contributed by atoms with E-state index < -0.39 is 21.6 Å². The third-order valence-electron chi connectivity index (χ3n) is 6.32. The molecule has 1 aliphatic heterocycles. The lowest BCUT2D eigenvalue weighted by molar-refractivity contribution is 0.0600. The summed E-state index contributed by atoms with van der Waals surface area (Å²) >= 11 is 6.17. The molecule has 0 amide bonds. The zero-order valence-electron chi connectivity index (χ0n) is 19.8. The monoisotopic (exact) mass is 542 g/mol. The molecule has 37 heavy (non-hydrogen) atoms. The van der Waals surface area contributed by atoms with E-state index in [1.807, 2.05) is 0 Å². The summed E-state index contributed by atoms with van der Waals surface area (Å²) < 4.78 is 34.1. The molecular weight excluding hydrogens is 520 g/mol. The van der Waals surface area contributed by atoms with Crippen molar-refractivity contribution in [3.05, 3.63) is 80.9 Å². The van der Waals surface area contributed by atoms with Crippen molar-refractivity contribution in [1.29, 1.82) is 0 Å². The average Bonchev–Trinajstić information content (AvgIpc) is 3.32. The molecule has 1 saturated heterocycles. The predicted octanol–water partition coefficient (Wildman–Crippen LogP) is 2.57. The molecule has 0 spiro atoms. The van der Waals surface area contributed by atoms with Gasteiger partial charge in [0.25, 0.3) is 5.56 Å². The van der Waals surface area contributed by atoms with Crippen LogP contribution in [0.4, 0.5) is 0 Å². The van der Waals surface area contributed by atoms with Crippen LogP contribution in [0.15, 0.2) is 58.2 Å². The number of nitrogens with zero attached hydrogens (tertiary/aromatic N) is 5. The summed E-state index contributed by atoms with van der Waals surface area (Å²) in [5, 5.41) is 8.22. The molecule has 1 fully saturated rings. The van der Waals surface area contributed by atoms with Crippen LogP contribution in [0.5, 0.6) is 0 Å². The maximum absolute atomic E-state index is 13.3. The number of nitrogens with one attached hydrogen (secondary N) is 1. The first-order chi connectivity index (χ1) is 17.8. The minimum Gasteiger partial charge on any atom is -0.465 e. The van der Waals surface area contributed by atoms with Gasteiger partial charge in [-0.05, 0) is 42.7 Å². The number of esters is 1. The fourth-order valence-electron chi connectivity index (χ4n) is 4.40. The fourth-order valence-corrected chi connectivity index (χ4v) is 6.41. The van der Waals surface area contributed by atoms with E-state index in [9.17, 15) is 18.0 Å². The molecule has 13 heteroatoms. The van der Waals surface area contributed by atoms with Gasteiger partial charge in [0.1, 0.15) is 10.7 Å². The number of piperidine rings is 1. The third-order valence-corrected chi connectivity index (χ3v) is 8.69. The van der Waals surface area contributed by atoms with Crippen LogP contribution in [-0.4, -0.2) is 63.9 Å². The summed E-state index contributed by atoms with van der Waals surface area (Å²) in [6.07, 6.45) is 1.25. The van der Waals surface area contributed by atoms with E-state index in [1.54, 1.807) is 42.5 Å². The smallest absolute Gasteiger partial charge is 0.337 e. The predicted molar refractivity (Wildman–Crippen MR) is 135 cm³/mol. The van der Waals surface area contributed by atoms with Crippen molar-refractivity contribution >= 4 is 38.8 Å². The molecule has 4 aromatic rings. The fraction of sp³-hybridized carbons (Fsp3) is 0.292. The van der Waals surface area contributed by atoms with Gasteiger partial charge in [-0.3, -0.25) is 4.79 Å². The van der Waals surface area contributed by atoms with Crippen molar-refractivity contribution in [2.75, 3.05) is 20.2 Å². The van der Waals surface area contributed by atoms with Crippen molar-refractivity contribution in [2.45, 2.75) is 30.2 Å². The van der Waals surface area contributed by atoms with Crippen LogP contribution < -0.4 is 5.56 Å². The number of ether oxygens (including phenoxy) is 1. The molecule has 2 aromatic heterocycles. The van der Waals surface area contributed by atoms with Gasteiger partial charge in [-0.25, -0.2) is 22.9 Å². The van der Waals surface area contributed by atoms with Crippen LogP contribution in [0.2, 0.25) is 5.02 Å². The molecule has 0 bridgehead atoms. The van der Waals surface area contributed by atoms with Crippen LogP contribution in [0.1, 0.15) is 40.5 Å². The minimum absolute atomic E-state index is 0.0507. The Bertz CT molecular complexity index is 1630. The van der Waals surface area contributed by atoms with Gasteiger partial charge in [0, 0.05) is 19.0 Å². The molecule has 2 aromatic carbocycles. The van der Waals surface area contributed by atoms with Crippen molar-refractivity contribution in [1.82, 2.24) is 29.3 Å². The van der Waals surface area contributed by atoms with E-state index in [0.717, 1.165) is 5.56 Å². The Labute approximate surface area is 217 Å². The summed E-state index contributed by atoms with van der Waals surface area (Å²) in [5.74, 6) is -0.388. The molecule has 3 heterocycles. The number of fused-ring (bicyclic) bond motifs is 1. The highest BCUT2D eigenvalue weighted by Crippen LogP contribution is 2.31. The van der Waals surface area contributed by atoms with E-state index in [2.05, 4.69) is 20.3 Å². The number of H-pyrrole nitrogens is 1. The Balaban J connectivity index is 1.43. The Morgan fingerprint density at radius 2 is 1.95 bits per heavy atom. The van der Waals surface area contributed by atoms with Gasteiger partial charge in [0.2, 0.25) is 10.0 Å². The summed E-state index contributed by atoms with van der Waals surface area (Å²) in [6.45, 7) is 0.766. The molecule has 1 N–H and O–H groups in total. The highest BCUT2D eigenvalue weighted by Gasteiger charge is 2.33. The van der Waals surface area contributed by atoms with E-state index >= 15 is 0 Å². The second-order valence-electron chi connectivity index (χ2n) is 8.69. The summed E-state index contributed by atoms with van der Waals surface area (Å²) in [6, 6.07) is 13.1. The molecular formula is C24H23ClN6O5S. The molecule has 0 aliphatic carbocycles. The van der Waals surface area contributed by atoms with Crippen molar-refractivity contribution in [3.63, 3.8) is 0 Å². The van der Waals surface area contributed by atoms with Crippen LogP contribution in [-0.2, 0) is 21.3 Å². The Morgan fingerprint density at radius 3 is 2.68 bits per heavy atom. The molecule has 0 saturated carbocycles. The number of halogens is 1. The lowest BCUT2D eigenvalue weighted by atomic mass is 9.99. The van der Waals surface area contributed by atoms with Crippen LogP contribution in [0.3, 0.4) is 0 Å².